The third kappa shape index (κ3) is 1.24. The molecule has 0 aromatic rings. The lowest BCUT2D eigenvalue weighted by atomic mass is 9.88. The summed E-state index contributed by atoms with van der Waals surface area (Å²) in [4.78, 5) is 0. The van der Waals surface area contributed by atoms with E-state index in [0.29, 0.717) is 0 Å². The number of rotatable bonds is 2. The predicted molar refractivity (Wildman–Crippen MR) is 50.8 cm³/mol. The molecule has 0 amide bonds. The van der Waals surface area contributed by atoms with Crippen molar-refractivity contribution in [1.29, 1.82) is 0 Å². The minimum absolute atomic E-state index is 0.922. The van der Waals surface area contributed by atoms with Gasteiger partial charge >= 0.3 is 0 Å². The Balaban J connectivity index is 1.71. The topological polar surface area (TPSA) is 0 Å². The molecule has 2 saturated carbocycles. The summed E-state index contributed by atoms with van der Waals surface area (Å²) in [5, 5.41) is 0. The number of hydrogen-bond acceptors (Lipinski definition) is 0. The van der Waals surface area contributed by atoms with E-state index in [4.69, 9.17) is 0 Å². The van der Waals surface area contributed by atoms with E-state index in [1.165, 1.54) is 32.1 Å². The van der Waals surface area contributed by atoms with E-state index in [1.54, 1.807) is 5.57 Å². The smallest absolute Gasteiger partial charge is 0.0165 e. The Morgan fingerprint density at radius 1 is 1.08 bits per heavy atom. The molecule has 0 heterocycles. The highest BCUT2D eigenvalue weighted by Gasteiger charge is 2.34. The average Bonchev–Trinajstić information content (AvgIpc) is 2.98. The van der Waals surface area contributed by atoms with Crippen LogP contribution in [0.4, 0.5) is 0 Å². The normalized spacial score (nSPS) is 35.0. The maximum absolute atomic E-state index is 2.43. The van der Waals surface area contributed by atoms with Gasteiger partial charge in [0.05, 0.1) is 0 Å². The fourth-order valence-corrected chi connectivity index (χ4v) is 2.34. The molecule has 1 unspecified atom stereocenters. The molecule has 64 valence electrons. The lowest BCUT2D eigenvalue weighted by molar-refractivity contribution is 0.544. The Morgan fingerprint density at radius 2 is 1.92 bits per heavy atom. The monoisotopic (exact) mass is 160 g/mol. The molecule has 0 spiro atoms. The fourth-order valence-electron chi connectivity index (χ4n) is 2.34. The first-order valence-electron chi connectivity index (χ1n) is 5.31. The predicted octanol–water partition coefficient (Wildman–Crippen LogP) is 3.31. The molecular weight excluding hydrogens is 144 g/mol. The molecule has 0 aliphatic heterocycles. The largest absolute Gasteiger partial charge is 0.0808 e. The third-order valence-corrected chi connectivity index (χ3v) is 3.47. The first kappa shape index (κ1) is 6.94. The lowest BCUT2D eigenvalue weighted by Crippen LogP contribution is -2.05. The van der Waals surface area contributed by atoms with Gasteiger partial charge in [-0.25, -0.2) is 0 Å². The second-order valence-electron chi connectivity index (χ2n) is 4.61. The van der Waals surface area contributed by atoms with Gasteiger partial charge in [-0.15, -0.1) is 0 Å². The van der Waals surface area contributed by atoms with Crippen LogP contribution >= 0.6 is 0 Å². The van der Waals surface area contributed by atoms with E-state index in [9.17, 15) is 0 Å². The molecule has 0 aromatic heterocycles. The van der Waals surface area contributed by atoms with Gasteiger partial charge in [0.25, 0.3) is 0 Å². The molecule has 0 nitrogen and oxygen atoms in total. The van der Waals surface area contributed by atoms with Crippen molar-refractivity contribution < 1.29 is 0 Å². The Morgan fingerprint density at radius 3 is 2.58 bits per heavy atom. The second kappa shape index (κ2) is 2.48. The summed E-state index contributed by atoms with van der Waals surface area (Å²) >= 11 is 0. The molecule has 0 radical (unpaired) electrons. The highest BCUT2D eigenvalue weighted by molar-refractivity contribution is 5.25. The maximum Gasteiger partial charge on any atom is -0.0165 e. The van der Waals surface area contributed by atoms with Gasteiger partial charge in [0, 0.05) is 0 Å². The van der Waals surface area contributed by atoms with Crippen molar-refractivity contribution in [3.63, 3.8) is 0 Å². The van der Waals surface area contributed by atoms with Gasteiger partial charge in [0.1, 0.15) is 0 Å². The van der Waals surface area contributed by atoms with Crippen LogP contribution in [0, 0.1) is 17.8 Å². The van der Waals surface area contributed by atoms with E-state index >= 15 is 0 Å². The van der Waals surface area contributed by atoms with Crippen molar-refractivity contribution in [2.75, 3.05) is 0 Å². The molecule has 1 atom stereocenters. The van der Waals surface area contributed by atoms with Crippen LogP contribution in [0.2, 0.25) is 0 Å². The van der Waals surface area contributed by atoms with Crippen LogP contribution < -0.4 is 0 Å². The van der Waals surface area contributed by atoms with Crippen molar-refractivity contribution in [3.8, 4) is 0 Å². The van der Waals surface area contributed by atoms with E-state index in [1.807, 2.05) is 0 Å². The van der Waals surface area contributed by atoms with E-state index in [2.05, 4.69) is 18.2 Å². The van der Waals surface area contributed by atoms with Crippen molar-refractivity contribution >= 4 is 0 Å². The van der Waals surface area contributed by atoms with Crippen molar-refractivity contribution in [2.45, 2.75) is 32.1 Å². The second-order valence-corrected chi connectivity index (χ2v) is 4.61. The first-order valence-corrected chi connectivity index (χ1v) is 5.31. The van der Waals surface area contributed by atoms with Gasteiger partial charge in [-0.2, -0.15) is 0 Å². The van der Waals surface area contributed by atoms with E-state index < -0.39 is 0 Å². The summed E-state index contributed by atoms with van der Waals surface area (Å²) in [5.74, 6) is 2.98. The Hall–Kier alpha value is -0.520. The van der Waals surface area contributed by atoms with E-state index in [0.717, 1.165) is 17.8 Å². The average molecular weight is 160 g/mol. The van der Waals surface area contributed by atoms with Crippen LogP contribution in [0.25, 0.3) is 0 Å². The molecule has 0 heteroatoms. The number of allylic oxidation sites excluding steroid dienone is 4. The summed E-state index contributed by atoms with van der Waals surface area (Å²) in [6, 6.07) is 0. The summed E-state index contributed by atoms with van der Waals surface area (Å²) in [6.45, 7) is 0. The molecule has 0 bridgehead atoms. The van der Waals surface area contributed by atoms with Crippen LogP contribution in [0.1, 0.15) is 32.1 Å². The molecule has 12 heavy (non-hydrogen) atoms. The standard InChI is InChI=1S/C12H16/c1-2-11(9-4-5-9)8-12(3-1)10-6-7-10/h1-3,9-11H,4-8H2. The minimum Gasteiger partial charge on any atom is -0.0808 e. The van der Waals surface area contributed by atoms with Crippen molar-refractivity contribution in [2.24, 2.45) is 17.8 Å². The Labute approximate surface area is 74.4 Å². The molecule has 0 N–H and O–H groups in total. The molecule has 0 aromatic carbocycles. The van der Waals surface area contributed by atoms with Crippen molar-refractivity contribution in [3.05, 3.63) is 23.8 Å². The molecular formula is C12H16. The lowest BCUT2D eigenvalue weighted by Gasteiger charge is -2.17. The highest BCUT2D eigenvalue weighted by Crippen LogP contribution is 2.46. The third-order valence-electron chi connectivity index (χ3n) is 3.47. The zero-order valence-corrected chi connectivity index (χ0v) is 7.50. The molecule has 2 fully saturated rings. The van der Waals surface area contributed by atoms with Gasteiger partial charge in [0.2, 0.25) is 0 Å². The van der Waals surface area contributed by atoms with Gasteiger partial charge in [-0.05, 0) is 49.9 Å². The van der Waals surface area contributed by atoms with Crippen LogP contribution in [0.15, 0.2) is 23.8 Å². The summed E-state index contributed by atoms with van der Waals surface area (Å²) in [5.41, 5.74) is 1.76. The van der Waals surface area contributed by atoms with Crippen LogP contribution in [-0.4, -0.2) is 0 Å². The summed E-state index contributed by atoms with van der Waals surface area (Å²) < 4.78 is 0. The molecule has 3 aliphatic carbocycles. The zero-order valence-electron chi connectivity index (χ0n) is 7.50. The molecule has 0 saturated heterocycles. The van der Waals surface area contributed by atoms with Crippen LogP contribution in [0.5, 0.6) is 0 Å². The van der Waals surface area contributed by atoms with Crippen molar-refractivity contribution in [1.82, 2.24) is 0 Å². The number of hydrogen-bond donors (Lipinski definition) is 0. The highest BCUT2D eigenvalue weighted by atomic mass is 14.4. The van der Waals surface area contributed by atoms with Crippen LogP contribution in [0.3, 0.4) is 0 Å². The van der Waals surface area contributed by atoms with Gasteiger partial charge in [0.15, 0.2) is 0 Å². The summed E-state index contributed by atoms with van der Waals surface area (Å²) in [7, 11) is 0. The molecule has 3 aliphatic rings. The zero-order chi connectivity index (χ0) is 7.97. The quantitative estimate of drug-likeness (QED) is 0.581. The molecule has 3 rings (SSSR count). The Kier molecular flexibility index (Phi) is 1.44. The van der Waals surface area contributed by atoms with Crippen LogP contribution in [-0.2, 0) is 0 Å². The van der Waals surface area contributed by atoms with Gasteiger partial charge < -0.3 is 0 Å². The minimum atomic E-state index is 0.922. The maximum atomic E-state index is 2.43. The first-order chi connectivity index (χ1) is 5.93. The fraction of sp³-hybridized carbons (Fsp3) is 0.667. The van der Waals surface area contributed by atoms with Gasteiger partial charge in [-0.3, -0.25) is 0 Å². The van der Waals surface area contributed by atoms with Gasteiger partial charge in [-0.1, -0.05) is 23.8 Å². The Bertz CT molecular complexity index is 239. The summed E-state index contributed by atoms with van der Waals surface area (Å²) in [6.07, 6.45) is 14.4. The SMILES string of the molecule is C1=CC(C2CC2)CC(C2CC2)=C1. The van der Waals surface area contributed by atoms with E-state index in [-0.39, 0.29) is 0 Å².